The summed E-state index contributed by atoms with van der Waals surface area (Å²) in [7, 11) is 0. The van der Waals surface area contributed by atoms with E-state index in [1.807, 2.05) is 72.8 Å². The number of nitrogens with zero attached hydrogens (tertiary/aromatic N) is 1. The molecular weight excluding hydrogens is 454 g/mol. The fourth-order valence-corrected chi connectivity index (χ4v) is 3.30. The molecule has 6 heteroatoms. The number of rotatable bonds is 5. The fraction of sp³-hybridized carbons (Fsp3) is 0.0435. The molecule has 0 bridgehead atoms. The first-order valence-electron chi connectivity index (χ1n) is 8.83. The predicted molar refractivity (Wildman–Crippen MR) is 117 cm³/mol. The van der Waals surface area contributed by atoms with Gasteiger partial charge in [0.15, 0.2) is 5.70 Å². The number of hydrogen-bond acceptors (Lipinski definition) is 4. The van der Waals surface area contributed by atoms with Gasteiger partial charge in [-0.2, -0.15) is 0 Å². The van der Waals surface area contributed by atoms with E-state index >= 15 is 0 Å². The van der Waals surface area contributed by atoms with Crippen LogP contribution in [0.3, 0.4) is 0 Å². The molecule has 144 valence electrons. The van der Waals surface area contributed by atoms with Crippen LogP contribution < -0.4 is 4.74 Å². The molecule has 4 rings (SSSR count). The first-order chi connectivity index (χ1) is 14.1. The van der Waals surface area contributed by atoms with Crippen LogP contribution >= 0.6 is 27.5 Å². The molecule has 1 heterocycles. The van der Waals surface area contributed by atoms with Gasteiger partial charge in [0.2, 0.25) is 5.90 Å². The number of carbonyl (C=O) groups excluding carboxylic acids is 1. The SMILES string of the molecule is O=C1OC(c2cccc(Br)c2)=N/C1=C\c1ccccc1OCc1ccc(Cl)cc1. The monoisotopic (exact) mass is 467 g/mol. The largest absolute Gasteiger partial charge is 0.488 e. The molecule has 0 unspecified atom stereocenters. The number of benzene rings is 3. The smallest absolute Gasteiger partial charge is 0.363 e. The highest BCUT2D eigenvalue weighted by molar-refractivity contribution is 9.10. The molecule has 29 heavy (non-hydrogen) atoms. The van der Waals surface area contributed by atoms with Crippen molar-refractivity contribution in [2.45, 2.75) is 6.61 Å². The molecule has 4 nitrogen and oxygen atoms in total. The normalized spacial score (nSPS) is 14.6. The van der Waals surface area contributed by atoms with E-state index in [1.165, 1.54) is 0 Å². The lowest BCUT2D eigenvalue weighted by Crippen LogP contribution is -2.05. The lowest BCUT2D eigenvalue weighted by atomic mass is 10.1. The van der Waals surface area contributed by atoms with E-state index in [4.69, 9.17) is 21.1 Å². The first-order valence-corrected chi connectivity index (χ1v) is 10.0. The highest BCUT2D eigenvalue weighted by Crippen LogP contribution is 2.26. The molecular formula is C23H15BrClNO3. The van der Waals surface area contributed by atoms with Gasteiger partial charge in [0, 0.05) is 20.6 Å². The molecule has 0 saturated heterocycles. The number of halogens is 2. The lowest BCUT2D eigenvalue weighted by Gasteiger charge is -2.09. The van der Waals surface area contributed by atoms with Crippen LogP contribution in [0.4, 0.5) is 0 Å². The minimum atomic E-state index is -0.493. The van der Waals surface area contributed by atoms with Crippen LogP contribution in [0.25, 0.3) is 6.08 Å². The Labute approximate surface area is 181 Å². The fourth-order valence-electron chi connectivity index (χ4n) is 2.77. The summed E-state index contributed by atoms with van der Waals surface area (Å²) in [5.41, 5.74) is 2.69. The van der Waals surface area contributed by atoms with E-state index in [0.717, 1.165) is 21.2 Å². The summed E-state index contributed by atoms with van der Waals surface area (Å²) < 4.78 is 12.2. The van der Waals surface area contributed by atoms with Crippen LogP contribution in [0.5, 0.6) is 5.75 Å². The van der Waals surface area contributed by atoms with Gasteiger partial charge >= 0.3 is 5.97 Å². The van der Waals surface area contributed by atoms with Crippen molar-refractivity contribution >= 4 is 45.5 Å². The molecule has 0 spiro atoms. The van der Waals surface area contributed by atoms with Crippen molar-refractivity contribution in [2.75, 3.05) is 0 Å². The molecule has 0 aromatic heterocycles. The van der Waals surface area contributed by atoms with Crippen molar-refractivity contribution in [3.63, 3.8) is 0 Å². The zero-order valence-electron chi connectivity index (χ0n) is 15.1. The zero-order chi connectivity index (χ0) is 20.2. The summed E-state index contributed by atoms with van der Waals surface area (Å²) in [6.07, 6.45) is 1.67. The van der Waals surface area contributed by atoms with Gasteiger partial charge in [-0.05, 0) is 48.0 Å². The molecule has 1 aliphatic heterocycles. The van der Waals surface area contributed by atoms with E-state index in [9.17, 15) is 4.79 Å². The molecule has 1 aliphatic rings. The maximum absolute atomic E-state index is 12.3. The minimum Gasteiger partial charge on any atom is -0.488 e. The van der Waals surface area contributed by atoms with Crippen LogP contribution in [0.2, 0.25) is 5.02 Å². The van der Waals surface area contributed by atoms with Crippen LogP contribution in [0.15, 0.2) is 88.0 Å². The van der Waals surface area contributed by atoms with E-state index in [2.05, 4.69) is 20.9 Å². The summed E-state index contributed by atoms with van der Waals surface area (Å²) >= 11 is 9.33. The average molecular weight is 469 g/mol. The van der Waals surface area contributed by atoms with Gasteiger partial charge in [0.1, 0.15) is 12.4 Å². The molecule has 3 aromatic rings. The predicted octanol–water partition coefficient (Wildman–Crippen LogP) is 6.03. The third-order valence-electron chi connectivity index (χ3n) is 4.21. The highest BCUT2D eigenvalue weighted by Gasteiger charge is 2.24. The second-order valence-electron chi connectivity index (χ2n) is 6.30. The Hall–Kier alpha value is -2.89. The summed E-state index contributed by atoms with van der Waals surface area (Å²) in [4.78, 5) is 16.7. The molecule has 0 aliphatic carbocycles. The molecule has 0 amide bonds. The molecule has 0 saturated carbocycles. The maximum atomic E-state index is 12.3. The van der Waals surface area contributed by atoms with Gasteiger partial charge in [-0.15, -0.1) is 0 Å². The average Bonchev–Trinajstić information content (AvgIpc) is 3.09. The van der Waals surface area contributed by atoms with Crippen LogP contribution in [0.1, 0.15) is 16.7 Å². The topological polar surface area (TPSA) is 47.9 Å². The van der Waals surface area contributed by atoms with Crippen molar-refractivity contribution < 1.29 is 14.3 Å². The number of ether oxygens (including phenoxy) is 2. The van der Waals surface area contributed by atoms with Crippen molar-refractivity contribution in [2.24, 2.45) is 4.99 Å². The quantitative estimate of drug-likeness (QED) is 0.339. The number of cyclic esters (lactones) is 1. The number of para-hydroxylation sites is 1. The Kier molecular flexibility index (Phi) is 5.79. The summed E-state index contributed by atoms with van der Waals surface area (Å²) in [6.45, 7) is 0.383. The van der Waals surface area contributed by atoms with Crippen molar-refractivity contribution in [3.05, 3.63) is 105 Å². The molecule has 0 radical (unpaired) electrons. The number of aliphatic imine (C=N–C) groups is 1. The third-order valence-corrected chi connectivity index (χ3v) is 4.96. The number of esters is 1. The highest BCUT2D eigenvalue weighted by atomic mass is 79.9. The van der Waals surface area contributed by atoms with Crippen LogP contribution in [-0.2, 0) is 16.1 Å². The minimum absolute atomic E-state index is 0.225. The zero-order valence-corrected chi connectivity index (χ0v) is 17.5. The number of hydrogen-bond donors (Lipinski definition) is 0. The Balaban J connectivity index is 1.57. The number of carbonyl (C=O) groups is 1. The molecule has 0 atom stereocenters. The van der Waals surface area contributed by atoms with Gasteiger partial charge in [0.25, 0.3) is 0 Å². The second kappa shape index (κ2) is 8.64. The third kappa shape index (κ3) is 4.75. The summed E-state index contributed by atoms with van der Waals surface area (Å²) in [5.74, 6) is 0.434. The maximum Gasteiger partial charge on any atom is 0.363 e. The van der Waals surface area contributed by atoms with E-state index in [-0.39, 0.29) is 11.6 Å². The van der Waals surface area contributed by atoms with Gasteiger partial charge in [-0.25, -0.2) is 9.79 Å². The Morgan fingerprint density at radius 2 is 1.83 bits per heavy atom. The van der Waals surface area contributed by atoms with Crippen molar-refractivity contribution in [1.82, 2.24) is 0 Å². The molecule has 3 aromatic carbocycles. The second-order valence-corrected chi connectivity index (χ2v) is 7.65. The van der Waals surface area contributed by atoms with Crippen LogP contribution in [0, 0.1) is 0 Å². The van der Waals surface area contributed by atoms with Crippen molar-refractivity contribution in [3.8, 4) is 5.75 Å². The van der Waals surface area contributed by atoms with E-state index < -0.39 is 5.97 Å². The lowest BCUT2D eigenvalue weighted by molar-refractivity contribution is -0.129. The standard InChI is InChI=1S/C23H15BrClNO3/c24-18-6-3-5-17(12-18)22-26-20(23(27)29-22)13-16-4-1-2-7-21(16)28-14-15-8-10-19(25)11-9-15/h1-13H,14H2/b20-13-. The Bertz CT molecular complexity index is 1120. The van der Waals surface area contributed by atoms with Gasteiger partial charge in [-0.1, -0.05) is 63.9 Å². The van der Waals surface area contributed by atoms with E-state index in [1.54, 1.807) is 6.08 Å². The Morgan fingerprint density at radius 3 is 2.62 bits per heavy atom. The molecule has 0 fully saturated rings. The van der Waals surface area contributed by atoms with Crippen molar-refractivity contribution in [1.29, 1.82) is 0 Å². The van der Waals surface area contributed by atoms with Gasteiger partial charge in [-0.3, -0.25) is 0 Å². The van der Waals surface area contributed by atoms with Crippen LogP contribution in [-0.4, -0.2) is 11.9 Å². The Morgan fingerprint density at radius 1 is 1.03 bits per heavy atom. The van der Waals surface area contributed by atoms with E-state index in [0.29, 0.717) is 17.4 Å². The molecule has 0 N–H and O–H groups in total. The van der Waals surface area contributed by atoms with Gasteiger partial charge < -0.3 is 9.47 Å². The summed E-state index contributed by atoms with van der Waals surface area (Å²) in [6, 6.07) is 22.4. The summed E-state index contributed by atoms with van der Waals surface area (Å²) in [5, 5.41) is 0.678. The van der Waals surface area contributed by atoms with Gasteiger partial charge in [0.05, 0.1) is 0 Å². The first kappa shape index (κ1) is 19.4.